The van der Waals surface area contributed by atoms with E-state index in [1.807, 2.05) is 0 Å². The van der Waals surface area contributed by atoms with Crippen LogP contribution in [0.5, 0.6) is 0 Å². The highest BCUT2D eigenvalue weighted by Crippen LogP contribution is 2.20. The monoisotopic (exact) mass is 303 g/mol. The van der Waals surface area contributed by atoms with E-state index in [-0.39, 0.29) is 17.8 Å². The Morgan fingerprint density at radius 2 is 2.12 bits per heavy atom. The van der Waals surface area contributed by atoms with Crippen LogP contribution >= 0.6 is 15.9 Å². The van der Waals surface area contributed by atoms with Crippen LogP contribution in [0.15, 0.2) is 22.7 Å². The number of nitrogens with one attached hydrogen (secondary N) is 1. The SMILES string of the molecule is CC(C)(CCO)CNCc1cc(F)ccc1Br. The van der Waals surface area contributed by atoms with E-state index in [4.69, 9.17) is 5.11 Å². The molecule has 0 saturated carbocycles. The van der Waals surface area contributed by atoms with E-state index >= 15 is 0 Å². The van der Waals surface area contributed by atoms with Gasteiger partial charge in [0.1, 0.15) is 5.82 Å². The average molecular weight is 304 g/mol. The second-order valence-corrected chi connectivity index (χ2v) is 5.83. The maximum absolute atomic E-state index is 13.0. The molecule has 2 N–H and O–H groups in total. The van der Waals surface area contributed by atoms with Crippen molar-refractivity contribution in [3.63, 3.8) is 0 Å². The van der Waals surface area contributed by atoms with Crippen LogP contribution in [0.1, 0.15) is 25.8 Å². The van der Waals surface area contributed by atoms with Crippen molar-refractivity contribution in [2.75, 3.05) is 13.2 Å². The van der Waals surface area contributed by atoms with Crippen molar-refractivity contribution in [1.82, 2.24) is 5.32 Å². The van der Waals surface area contributed by atoms with E-state index in [0.717, 1.165) is 23.0 Å². The molecule has 0 aromatic heterocycles. The summed E-state index contributed by atoms with van der Waals surface area (Å²) < 4.78 is 14.0. The van der Waals surface area contributed by atoms with Crippen LogP contribution in [0.2, 0.25) is 0 Å². The third-order valence-corrected chi connectivity index (χ3v) is 3.49. The molecule has 17 heavy (non-hydrogen) atoms. The van der Waals surface area contributed by atoms with Crippen molar-refractivity contribution in [1.29, 1.82) is 0 Å². The number of hydrogen-bond donors (Lipinski definition) is 2. The van der Waals surface area contributed by atoms with Crippen LogP contribution in [0.25, 0.3) is 0 Å². The maximum Gasteiger partial charge on any atom is 0.123 e. The van der Waals surface area contributed by atoms with E-state index in [9.17, 15) is 4.39 Å². The molecular weight excluding hydrogens is 285 g/mol. The van der Waals surface area contributed by atoms with Crippen molar-refractivity contribution in [2.45, 2.75) is 26.8 Å². The average Bonchev–Trinajstić information content (AvgIpc) is 2.23. The predicted octanol–water partition coefficient (Wildman–Crippen LogP) is 3.09. The van der Waals surface area contributed by atoms with Gasteiger partial charge in [-0.05, 0) is 35.6 Å². The molecule has 2 nitrogen and oxygen atoms in total. The molecule has 0 amide bonds. The Morgan fingerprint density at radius 1 is 1.41 bits per heavy atom. The summed E-state index contributed by atoms with van der Waals surface area (Å²) in [6.45, 7) is 5.79. The summed E-state index contributed by atoms with van der Waals surface area (Å²) in [4.78, 5) is 0. The first-order valence-electron chi connectivity index (χ1n) is 5.70. The molecule has 0 aliphatic heterocycles. The molecule has 0 saturated heterocycles. The highest BCUT2D eigenvalue weighted by molar-refractivity contribution is 9.10. The Bertz CT molecular complexity index is 368. The number of rotatable bonds is 6. The zero-order valence-electron chi connectivity index (χ0n) is 10.3. The molecule has 0 radical (unpaired) electrons. The van der Waals surface area contributed by atoms with Gasteiger partial charge in [-0.15, -0.1) is 0 Å². The van der Waals surface area contributed by atoms with Gasteiger partial charge in [0.2, 0.25) is 0 Å². The minimum absolute atomic E-state index is 0.0501. The van der Waals surface area contributed by atoms with Gasteiger partial charge in [0, 0.05) is 24.2 Å². The van der Waals surface area contributed by atoms with E-state index in [0.29, 0.717) is 6.54 Å². The van der Waals surface area contributed by atoms with Crippen molar-refractivity contribution >= 4 is 15.9 Å². The quantitative estimate of drug-likeness (QED) is 0.846. The Kier molecular flexibility index (Phi) is 5.56. The largest absolute Gasteiger partial charge is 0.396 e. The summed E-state index contributed by atoms with van der Waals surface area (Å²) in [5.41, 5.74) is 0.957. The lowest BCUT2D eigenvalue weighted by Crippen LogP contribution is -2.30. The lowest BCUT2D eigenvalue weighted by atomic mass is 9.90. The summed E-state index contributed by atoms with van der Waals surface area (Å²) >= 11 is 3.40. The molecule has 0 aliphatic rings. The van der Waals surface area contributed by atoms with Gasteiger partial charge in [-0.25, -0.2) is 4.39 Å². The third-order valence-electron chi connectivity index (χ3n) is 2.72. The normalized spacial score (nSPS) is 11.8. The van der Waals surface area contributed by atoms with Crippen molar-refractivity contribution in [3.8, 4) is 0 Å². The molecule has 96 valence electrons. The standard InChI is InChI=1S/C13H19BrFNO/c1-13(2,5-6-17)9-16-8-10-7-11(15)3-4-12(10)14/h3-4,7,16-17H,5-6,8-9H2,1-2H3. The smallest absolute Gasteiger partial charge is 0.123 e. The van der Waals surface area contributed by atoms with Gasteiger partial charge in [-0.2, -0.15) is 0 Å². The summed E-state index contributed by atoms with van der Waals surface area (Å²) in [5.74, 6) is -0.223. The number of benzene rings is 1. The van der Waals surface area contributed by atoms with Gasteiger partial charge >= 0.3 is 0 Å². The highest BCUT2D eigenvalue weighted by Gasteiger charge is 2.16. The van der Waals surface area contributed by atoms with Gasteiger partial charge in [0.25, 0.3) is 0 Å². The first-order valence-corrected chi connectivity index (χ1v) is 6.49. The fourth-order valence-corrected chi connectivity index (χ4v) is 1.99. The first kappa shape index (κ1) is 14.6. The molecular formula is C13H19BrFNO. The fourth-order valence-electron chi connectivity index (χ4n) is 1.61. The second-order valence-electron chi connectivity index (χ2n) is 4.98. The minimum Gasteiger partial charge on any atom is -0.396 e. The van der Waals surface area contributed by atoms with Crippen molar-refractivity contribution in [2.24, 2.45) is 5.41 Å². The molecule has 0 bridgehead atoms. The molecule has 0 aliphatic carbocycles. The highest BCUT2D eigenvalue weighted by atomic mass is 79.9. The summed E-state index contributed by atoms with van der Waals surface area (Å²) in [7, 11) is 0. The van der Waals surface area contributed by atoms with Crippen LogP contribution in [0, 0.1) is 11.2 Å². The van der Waals surface area contributed by atoms with Gasteiger partial charge < -0.3 is 10.4 Å². The van der Waals surface area contributed by atoms with Crippen LogP contribution in [0.4, 0.5) is 4.39 Å². The summed E-state index contributed by atoms with van der Waals surface area (Å²) in [5, 5.41) is 12.2. The van der Waals surface area contributed by atoms with Crippen LogP contribution in [0.3, 0.4) is 0 Å². The summed E-state index contributed by atoms with van der Waals surface area (Å²) in [6, 6.07) is 4.67. The predicted molar refractivity (Wildman–Crippen MR) is 71.3 cm³/mol. The molecule has 0 unspecified atom stereocenters. The number of aliphatic hydroxyl groups excluding tert-OH is 1. The van der Waals surface area contributed by atoms with Crippen LogP contribution in [-0.4, -0.2) is 18.3 Å². The summed E-state index contributed by atoms with van der Waals surface area (Å²) in [6.07, 6.45) is 0.754. The van der Waals surface area contributed by atoms with E-state index in [2.05, 4.69) is 35.1 Å². The Hall–Kier alpha value is -0.450. The number of hydrogen-bond acceptors (Lipinski definition) is 2. The number of halogens is 2. The first-order chi connectivity index (χ1) is 7.94. The van der Waals surface area contributed by atoms with Gasteiger partial charge in [-0.3, -0.25) is 0 Å². The molecule has 0 atom stereocenters. The van der Waals surface area contributed by atoms with Gasteiger partial charge in [0.15, 0.2) is 0 Å². The van der Waals surface area contributed by atoms with Crippen molar-refractivity contribution < 1.29 is 9.50 Å². The second kappa shape index (κ2) is 6.47. The molecule has 0 fully saturated rings. The fraction of sp³-hybridized carbons (Fsp3) is 0.538. The minimum atomic E-state index is -0.223. The Balaban J connectivity index is 2.48. The van der Waals surface area contributed by atoms with E-state index < -0.39 is 0 Å². The number of aliphatic hydroxyl groups is 1. The lowest BCUT2D eigenvalue weighted by molar-refractivity contribution is 0.207. The topological polar surface area (TPSA) is 32.3 Å². The molecule has 1 rings (SSSR count). The van der Waals surface area contributed by atoms with Gasteiger partial charge in [-0.1, -0.05) is 29.8 Å². The van der Waals surface area contributed by atoms with E-state index in [1.165, 1.54) is 12.1 Å². The molecule has 1 aromatic carbocycles. The molecule has 4 heteroatoms. The lowest BCUT2D eigenvalue weighted by Gasteiger charge is -2.24. The zero-order valence-corrected chi connectivity index (χ0v) is 11.8. The van der Waals surface area contributed by atoms with Crippen LogP contribution in [-0.2, 0) is 6.54 Å². The van der Waals surface area contributed by atoms with E-state index in [1.54, 1.807) is 6.07 Å². The van der Waals surface area contributed by atoms with Crippen molar-refractivity contribution in [3.05, 3.63) is 34.1 Å². The molecule has 0 heterocycles. The Labute approximate surface area is 110 Å². The Morgan fingerprint density at radius 3 is 2.76 bits per heavy atom. The molecule has 0 spiro atoms. The zero-order chi connectivity index (χ0) is 12.9. The third kappa shape index (κ3) is 5.15. The molecule has 1 aromatic rings. The maximum atomic E-state index is 13.0. The van der Waals surface area contributed by atoms with Gasteiger partial charge in [0.05, 0.1) is 0 Å². The van der Waals surface area contributed by atoms with Crippen LogP contribution < -0.4 is 5.32 Å².